The molecule has 1 N–H and O–H groups in total. The molecule has 0 aliphatic carbocycles. The maximum atomic E-state index is 13.1. The van der Waals surface area contributed by atoms with E-state index in [2.05, 4.69) is 5.32 Å². The highest BCUT2D eigenvalue weighted by atomic mass is 19.4. The van der Waals surface area contributed by atoms with E-state index in [1.807, 2.05) is 13.8 Å². The predicted molar refractivity (Wildman–Crippen MR) is 108 cm³/mol. The van der Waals surface area contributed by atoms with Crippen LogP contribution in [-0.2, 0) is 23.6 Å². The standard InChI is InChI=1S/C22H30F6N2O2/c1-5-18-10-17(11-19(6-2)30(18)20(31)32-13(3)4)29-12-14-7-15(21(23,24)25)9-16(8-14)22(26,27)28/h7-9,13,17-19,29H,5-6,10-12H2,1-4H3/t17?,18-,19+. The summed E-state index contributed by atoms with van der Waals surface area (Å²) in [6.07, 6.45) is -8.04. The van der Waals surface area contributed by atoms with Crippen LogP contribution < -0.4 is 5.32 Å². The van der Waals surface area contributed by atoms with E-state index in [0.29, 0.717) is 25.7 Å². The average Bonchev–Trinajstić information content (AvgIpc) is 2.69. The third kappa shape index (κ3) is 6.76. The van der Waals surface area contributed by atoms with Crippen LogP contribution in [0.25, 0.3) is 0 Å². The van der Waals surface area contributed by atoms with Gasteiger partial charge >= 0.3 is 18.4 Å². The van der Waals surface area contributed by atoms with Crippen molar-refractivity contribution >= 4 is 6.09 Å². The van der Waals surface area contributed by atoms with Crippen molar-refractivity contribution in [1.82, 2.24) is 10.2 Å². The SMILES string of the molecule is CC[C@@H]1CC(NCc2cc(C(F)(F)F)cc(C(F)(F)F)c2)C[C@H](CC)N1C(=O)OC(C)C. The van der Waals surface area contributed by atoms with Crippen molar-refractivity contribution in [3.05, 3.63) is 34.9 Å². The maximum absolute atomic E-state index is 13.1. The van der Waals surface area contributed by atoms with Gasteiger partial charge in [-0.3, -0.25) is 0 Å². The number of halogens is 6. The molecule has 0 saturated carbocycles. The first-order valence-electron chi connectivity index (χ1n) is 10.8. The Balaban J connectivity index is 2.18. The maximum Gasteiger partial charge on any atom is 0.416 e. The molecule has 1 aromatic rings. The molecule has 1 fully saturated rings. The van der Waals surface area contributed by atoms with Gasteiger partial charge in [0.25, 0.3) is 0 Å². The second-order valence-electron chi connectivity index (χ2n) is 8.43. The highest BCUT2D eigenvalue weighted by Crippen LogP contribution is 2.36. The number of carbonyl (C=O) groups excluding carboxylic acids is 1. The minimum Gasteiger partial charge on any atom is -0.447 e. The fourth-order valence-corrected chi connectivity index (χ4v) is 4.12. The third-order valence-electron chi connectivity index (χ3n) is 5.63. The van der Waals surface area contributed by atoms with Gasteiger partial charge in [0.2, 0.25) is 0 Å². The van der Waals surface area contributed by atoms with Gasteiger partial charge < -0.3 is 15.0 Å². The molecule has 4 nitrogen and oxygen atoms in total. The van der Waals surface area contributed by atoms with Gasteiger partial charge in [0.15, 0.2) is 0 Å². The van der Waals surface area contributed by atoms with Crippen molar-refractivity contribution < 1.29 is 35.9 Å². The van der Waals surface area contributed by atoms with Crippen LogP contribution in [0.4, 0.5) is 31.1 Å². The van der Waals surface area contributed by atoms with Crippen LogP contribution in [0.2, 0.25) is 0 Å². The zero-order valence-corrected chi connectivity index (χ0v) is 18.6. The summed E-state index contributed by atoms with van der Waals surface area (Å²) in [5.41, 5.74) is -2.74. The molecule has 2 rings (SSSR count). The van der Waals surface area contributed by atoms with Crippen molar-refractivity contribution in [1.29, 1.82) is 0 Å². The topological polar surface area (TPSA) is 41.6 Å². The second kappa shape index (κ2) is 10.3. The summed E-state index contributed by atoms with van der Waals surface area (Å²) in [6, 6.07) is 1.19. The number of nitrogens with zero attached hydrogens (tertiary/aromatic N) is 1. The number of hydrogen-bond donors (Lipinski definition) is 1. The van der Waals surface area contributed by atoms with E-state index >= 15 is 0 Å². The summed E-state index contributed by atoms with van der Waals surface area (Å²) in [4.78, 5) is 14.3. The highest BCUT2D eigenvalue weighted by molar-refractivity contribution is 5.69. The van der Waals surface area contributed by atoms with Gasteiger partial charge in [0, 0.05) is 24.7 Å². The first-order valence-corrected chi connectivity index (χ1v) is 10.8. The van der Waals surface area contributed by atoms with Crippen molar-refractivity contribution in [2.24, 2.45) is 0 Å². The lowest BCUT2D eigenvalue weighted by molar-refractivity contribution is -0.143. The third-order valence-corrected chi connectivity index (χ3v) is 5.63. The molecule has 1 unspecified atom stereocenters. The van der Waals surface area contributed by atoms with Gasteiger partial charge in [-0.15, -0.1) is 0 Å². The normalized spacial score (nSPS) is 22.3. The summed E-state index contributed by atoms with van der Waals surface area (Å²) in [6.45, 7) is 7.24. The first kappa shape index (κ1) is 26.3. The van der Waals surface area contributed by atoms with E-state index in [1.165, 1.54) is 0 Å². The van der Waals surface area contributed by atoms with E-state index in [9.17, 15) is 31.1 Å². The number of alkyl halides is 6. The minimum atomic E-state index is -4.88. The smallest absolute Gasteiger partial charge is 0.416 e. The van der Waals surface area contributed by atoms with Gasteiger partial charge in [-0.05, 0) is 63.3 Å². The zero-order chi connectivity index (χ0) is 24.3. The van der Waals surface area contributed by atoms with Crippen molar-refractivity contribution in [3.8, 4) is 0 Å². The largest absolute Gasteiger partial charge is 0.447 e. The quantitative estimate of drug-likeness (QED) is 0.493. The molecule has 0 radical (unpaired) electrons. The van der Waals surface area contributed by atoms with E-state index < -0.39 is 29.6 Å². The highest BCUT2D eigenvalue weighted by Gasteiger charge is 2.39. The number of piperidine rings is 1. The molecule has 1 saturated heterocycles. The zero-order valence-electron chi connectivity index (χ0n) is 18.6. The molecular weight excluding hydrogens is 438 g/mol. The average molecular weight is 468 g/mol. The first-order chi connectivity index (χ1) is 14.8. The molecule has 3 atom stereocenters. The number of likely N-dealkylation sites (tertiary alicyclic amines) is 1. The number of ether oxygens (including phenoxy) is 1. The fraction of sp³-hybridized carbons (Fsp3) is 0.682. The Morgan fingerprint density at radius 3 is 1.84 bits per heavy atom. The minimum absolute atomic E-state index is 0.0881. The number of carbonyl (C=O) groups is 1. The van der Waals surface area contributed by atoms with Crippen LogP contribution in [-0.4, -0.2) is 35.2 Å². The van der Waals surface area contributed by atoms with Gasteiger partial charge in [-0.2, -0.15) is 26.3 Å². The van der Waals surface area contributed by atoms with Crippen LogP contribution >= 0.6 is 0 Å². The van der Waals surface area contributed by atoms with Crippen LogP contribution in [0.1, 0.15) is 70.1 Å². The molecular formula is C22H30F6N2O2. The van der Waals surface area contributed by atoms with E-state index in [-0.39, 0.29) is 42.4 Å². The van der Waals surface area contributed by atoms with Crippen molar-refractivity contribution in [2.45, 2.75) is 96.5 Å². The Labute approximate surface area is 184 Å². The molecule has 32 heavy (non-hydrogen) atoms. The van der Waals surface area contributed by atoms with E-state index in [0.717, 1.165) is 12.1 Å². The molecule has 182 valence electrons. The Kier molecular flexibility index (Phi) is 8.47. The Morgan fingerprint density at radius 2 is 1.47 bits per heavy atom. The summed E-state index contributed by atoms with van der Waals surface area (Å²) in [5.74, 6) is 0. The van der Waals surface area contributed by atoms with E-state index in [4.69, 9.17) is 4.74 Å². The van der Waals surface area contributed by atoms with Gasteiger partial charge in [-0.1, -0.05) is 13.8 Å². The van der Waals surface area contributed by atoms with Crippen molar-refractivity contribution in [2.75, 3.05) is 0 Å². The second-order valence-corrected chi connectivity index (χ2v) is 8.43. The van der Waals surface area contributed by atoms with Gasteiger partial charge in [0.1, 0.15) is 0 Å². The number of amides is 1. The summed E-state index contributed by atoms with van der Waals surface area (Å²) in [5, 5.41) is 3.11. The van der Waals surface area contributed by atoms with Crippen LogP contribution in [0.15, 0.2) is 18.2 Å². The van der Waals surface area contributed by atoms with Gasteiger partial charge in [-0.25, -0.2) is 4.79 Å². The van der Waals surface area contributed by atoms with Crippen LogP contribution in [0, 0.1) is 0 Å². The molecule has 1 amide bonds. The Hall–Kier alpha value is -1.97. The van der Waals surface area contributed by atoms with Crippen molar-refractivity contribution in [3.63, 3.8) is 0 Å². The molecule has 0 spiro atoms. The molecule has 0 aromatic heterocycles. The number of rotatable bonds is 6. The lowest BCUT2D eigenvalue weighted by Gasteiger charge is -2.44. The molecule has 1 aliphatic heterocycles. The lowest BCUT2D eigenvalue weighted by Crippen LogP contribution is -2.56. The van der Waals surface area contributed by atoms with E-state index in [1.54, 1.807) is 18.7 Å². The molecule has 1 heterocycles. The molecule has 1 aliphatic rings. The Bertz CT molecular complexity index is 732. The molecule has 0 bridgehead atoms. The molecule has 1 aromatic carbocycles. The summed E-state index contributed by atoms with van der Waals surface area (Å²) >= 11 is 0. The number of benzene rings is 1. The fourth-order valence-electron chi connectivity index (χ4n) is 4.12. The monoisotopic (exact) mass is 468 g/mol. The number of hydrogen-bond acceptors (Lipinski definition) is 3. The summed E-state index contributed by atoms with van der Waals surface area (Å²) in [7, 11) is 0. The lowest BCUT2D eigenvalue weighted by atomic mass is 9.88. The Morgan fingerprint density at radius 1 is 1.00 bits per heavy atom. The summed E-state index contributed by atoms with van der Waals surface area (Å²) < 4.78 is 83.9. The predicted octanol–water partition coefficient (Wildman–Crippen LogP) is 6.38. The van der Waals surface area contributed by atoms with Crippen LogP contribution in [0.5, 0.6) is 0 Å². The molecule has 10 heteroatoms. The van der Waals surface area contributed by atoms with Crippen LogP contribution in [0.3, 0.4) is 0 Å². The van der Waals surface area contributed by atoms with Gasteiger partial charge in [0.05, 0.1) is 17.2 Å². The number of nitrogens with one attached hydrogen (secondary N) is 1.